The van der Waals surface area contributed by atoms with Crippen LogP contribution >= 0.6 is 12.6 Å². The Hall–Kier alpha value is -2.85. The molecule has 0 heterocycles. The van der Waals surface area contributed by atoms with Crippen LogP contribution in [0.4, 0.5) is 0 Å². The summed E-state index contributed by atoms with van der Waals surface area (Å²) in [6.45, 7) is -0.532. The summed E-state index contributed by atoms with van der Waals surface area (Å²) in [5.41, 5.74) is 7.11. The molecule has 0 aliphatic heterocycles. The van der Waals surface area contributed by atoms with Crippen LogP contribution in [0.2, 0.25) is 0 Å². The SMILES string of the molecule is NC(CCC(=O)NC(CS)C(=O)N(CC(=O)O)C1CC=Cc2ccccc21)C(=O)O. The number of carboxylic acids is 2. The van der Waals surface area contributed by atoms with Gasteiger partial charge in [-0.05, 0) is 24.0 Å². The third kappa shape index (κ3) is 6.07. The molecule has 0 spiro atoms. The Labute approximate surface area is 179 Å². The lowest BCUT2D eigenvalue weighted by Gasteiger charge is -2.35. The van der Waals surface area contributed by atoms with Gasteiger partial charge >= 0.3 is 11.9 Å². The summed E-state index contributed by atoms with van der Waals surface area (Å²) in [6.07, 6.45) is 3.96. The largest absolute Gasteiger partial charge is 0.480 e. The Morgan fingerprint density at radius 2 is 1.93 bits per heavy atom. The van der Waals surface area contributed by atoms with Crippen molar-refractivity contribution in [1.82, 2.24) is 10.2 Å². The van der Waals surface area contributed by atoms with Crippen molar-refractivity contribution < 1.29 is 29.4 Å². The number of thiol groups is 1. The van der Waals surface area contributed by atoms with Gasteiger partial charge in [0, 0.05) is 12.2 Å². The number of amides is 2. The van der Waals surface area contributed by atoms with Crippen molar-refractivity contribution in [3.8, 4) is 0 Å². The fraction of sp³-hybridized carbons (Fsp3) is 0.400. The Morgan fingerprint density at radius 1 is 1.23 bits per heavy atom. The number of hydrogen-bond donors (Lipinski definition) is 5. The molecule has 9 nitrogen and oxygen atoms in total. The Bertz CT molecular complexity index is 844. The molecule has 1 aliphatic rings. The van der Waals surface area contributed by atoms with E-state index in [4.69, 9.17) is 10.8 Å². The normalized spacial score (nSPS) is 16.8. The first-order valence-electron chi connectivity index (χ1n) is 9.41. The van der Waals surface area contributed by atoms with Gasteiger partial charge in [0.15, 0.2) is 0 Å². The van der Waals surface area contributed by atoms with Crippen LogP contribution in [0.25, 0.3) is 6.08 Å². The highest BCUT2D eigenvalue weighted by atomic mass is 32.1. The Morgan fingerprint density at radius 3 is 2.57 bits per heavy atom. The number of aliphatic carboxylic acids is 2. The van der Waals surface area contributed by atoms with Gasteiger partial charge in [-0.25, -0.2) is 0 Å². The molecule has 30 heavy (non-hydrogen) atoms. The minimum Gasteiger partial charge on any atom is -0.480 e. The van der Waals surface area contributed by atoms with Gasteiger partial charge in [-0.15, -0.1) is 0 Å². The molecule has 0 saturated heterocycles. The van der Waals surface area contributed by atoms with E-state index in [0.717, 1.165) is 11.1 Å². The van der Waals surface area contributed by atoms with Crippen LogP contribution in [0.3, 0.4) is 0 Å². The van der Waals surface area contributed by atoms with Gasteiger partial charge in [-0.1, -0.05) is 36.4 Å². The van der Waals surface area contributed by atoms with Crippen LogP contribution in [0.15, 0.2) is 30.3 Å². The molecule has 2 amide bonds. The van der Waals surface area contributed by atoms with Gasteiger partial charge < -0.3 is 26.2 Å². The van der Waals surface area contributed by atoms with E-state index in [2.05, 4.69) is 17.9 Å². The number of fused-ring (bicyclic) bond motifs is 1. The van der Waals surface area contributed by atoms with Crippen molar-refractivity contribution in [3.63, 3.8) is 0 Å². The summed E-state index contributed by atoms with van der Waals surface area (Å²) in [6, 6.07) is 4.66. The molecule has 0 radical (unpaired) electrons. The lowest BCUT2D eigenvalue weighted by atomic mass is 9.91. The molecule has 162 valence electrons. The predicted molar refractivity (Wildman–Crippen MR) is 113 cm³/mol. The maximum Gasteiger partial charge on any atom is 0.323 e. The van der Waals surface area contributed by atoms with Crippen LogP contribution in [0, 0.1) is 0 Å². The lowest BCUT2D eigenvalue weighted by Crippen LogP contribution is -2.52. The molecular formula is C20H25N3O6S. The van der Waals surface area contributed by atoms with Gasteiger partial charge in [0.1, 0.15) is 18.6 Å². The van der Waals surface area contributed by atoms with E-state index in [1.165, 1.54) is 4.90 Å². The Kier molecular flexibility index (Phi) is 8.43. The smallest absolute Gasteiger partial charge is 0.323 e. The van der Waals surface area contributed by atoms with E-state index in [1.807, 2.05) is 36.4 Å². The second-order valence-corrected chi connectivity index (χ2v) is 7.29. The lowest BCUT2D eigenvalue weighted by molar-refractivity contribution is -0.147. The third-order valence-electron chi connectivity index (χ3n) is 4.79. The third-order valence-corrected chi connectivity index (χ3v) is 5.16. The van der Waals surface area contributed by atoms with E-state index < -0.39 is 48.4 Å². The minimum absolute atomic E-state index is 0.0458. The number of nitrogens with one attached hydrogen (secondary N) is 1. The van der Waals surface area contributed by atoms with Crippen molar-refractivity contribution >= 4 is 42.5 Å². The number of carbonyl (C=O) groups excluding carboxylic acids is 2. The monoisotopic (exact) mass is 435 g/mol. The molecule has 3 unspecified atom stereocenters. The summed E-state index contributed by atoms with van der Waals surface area (Å²) in [4.78, 5) is 48.8. The molecule has 0 aromatic heterocycles. The van der Waals surface area contributed by atoms with Crippen LogP contribution in [-0.4, -0.2) is 63.2 Å². The van der Waals surface area contributed by atoms with Gasteiger partial charge in [-0.3, -0.25) is 19.2 Å². The Balaban J connectivity index is 2.17. The molecule has 1 aromatic carbocycles. The van der Waals surface area contributed by atoms with Crippen LogP contribution in [0.1, 0.15) is 36.4 Å². The van der Waals surface area contributed by atoms with E-state index in [9.17, 15) is 24.3 Å². The molecule has 10 heteroatoms. The van der Waals surface area contributed by atoms with Crippen molar-refractivity contribution in [2.45, 2.75) is 37.4 Å². The van der Waals surface area contributed by atoms with Crippen molar-refractivity contribution in [2.75, 3.05) is 12.3 Å². The van der Waals surface area contributed by atoms with Gasteiger partial charge in [0.2, 0.25) is 11.8 Å². The molecule has 0 bridgehead atoms. The number of carboxylic acid groups (broad SMARTS) is 2. The topological polar surface area (TPSA) is 150 Å². The molecule has 2 rings (SSSR count). The van der Waals surface area contributed by atoms with Gasteiger partial charge in [0.05, 0.1) is 6.04 Å². The zero-order valence-corrected chi connectivity index (χ0v) is 17.1. The standard InChI is InChI=1S/C20H25N3O6S/c21-14(20(28)29)8-9-17(24)22-15(11-30)19(27)23(10-18(25)26)16-7-3-5-12-4-1-2-6-13(12)16/h1-6,14-16,30H,7-11,21H2,(H,22,24)(H,25,26)(H,28,29). The first-order valence-corrected chi connectivity index (χ1v) is 10.0. The number of nitrogens with zero attached hydrogens (tertiary/aromatic N) is 1. The average Bonchev–Trinajstić information content (AvgIpc) is 2.73. The molecule has 1 aliphatic carbocycles. The molecule has 0 saturated carbocycles. The fourth-order valence-corrected chi connectivity index (χ4v) is 3.51. The highest BCUT2D eigenvalue weighted by molar-refractivity contribution is 7.80. The predicted octanol–water partition coefficient (Wildman–Crippen LogP) is 0.665. The minimum atomic E-state index is -1.22. The average molecular weight is 436 g/mol. The van der Waals surface area contributed by atoms with Crippen LogP contribution in [0.5, 0.6) is 0 Å². The summed E-state index contributed by atoms with van der Waals surface area (Å²) in [7, 11) is 0. The zero-order chi connectivity index (χ0) is 22.3. The number of nitrogens with two attached hydrogens (primary N) is 1. The first kappa shape index (κ1) is 23.4. The van der Waals surface area contributed by atoms with Gasteiger partial charge in [0.25, 0.3) is 0 Å². The zero-order valence-electron chi connectivity index (χ0n) is 16.2. The highest BCUT2D eigenvalue weighted by Crippen LogP contribution is 2.33. The second-order valence-electron chi connectivity index (χ2n) is 6.93. The van der Waals surface area contributed by atoms with E-state index in [-0.39, 0.29) is 18.6 Å². The summed E-state index contributed by atoms with van der Waals surface area (Å²) >= 11 is 4.13. The quantitative estimate of drug-likeness (QED) is 0.339. The summed E-state index contributed by atoms with van der Waals surface area (Å²) in [5.74, 6) is -3.57. The first-order chi connectivity index (χ1) is 14.2. The molecule has 5 N–H and O–H groups in total. The number of rotatable bonds is 10. The molecule has 1 aromatic rings. The van der Waals surface area contributed by atoms with E-state index in [1.54, 1.807) is 0 Å². The molecular weight excluding hydrogens is 410 g/mol. The number of carbonyl (C=O) groups is 4. The summed E-state index contributed by atoms with van der Waals surface area (Å²) in [5, 5.41) is 20.7. The number of benzene rings is 1. The van der Waals surface area contributed by atoms with Crippen LogP contribution in [-0.2, 0) is 19.2 Å². The van der Waals surface area contributed by atoms with Gasteiger partial charge in [-0.2, -0.15) is 12.6 Å². The van der Waals surface area contributed by atoms with Crippen molar-refractivity contribution in [3.05, 3.63) is 41.5 Å². The van der Waals surface area contributed by atoms with Crippen molar-refractivity contribution in [2.24, 2.45) is 5.73 Å². The maximum atomic E-state index is 13.2. The van der Waals surface area contributed by atoms with E-state index in [0.29, 0.717) is 6.42 Å². The number of hydrogen-bond acceptors (Lipinski definition) is 6. The fourth-order valence-electron chi connectivity index (χ4n) is 3.26. The molecule has 3 atom stereocenters. The second kappa shape index (κ2) is 10.8. The van der Waals surface area contributed by atoms with E-state index >= 15 is 0 Å². The van der Waals surface area contributed by atoms with Crippen LogP contribution < -0.4 is 11.1 Å². The maximum absolute atomic E-state index is 13.2. The summed E-state index contributed by atoms with van der Waals surface area (Å²) < 4.78 is 0. The van der Waals surface area contributed by atoms with Crippen molar-refractivity contribution in [1.29, 1.82) is 0 Å². The molecule has 0 fully saturated rings. The highest BCUT2D eigenvalue weighted by Gasteiger charge is 2.33.